The number of carbonyl (C=O) groups is 2. The number of nitrogens with two attached hydrogens (primary N) is 1. The van der Waals surface area contributed by atoms with Gasteiger partial charge in [-0.25, -0.2) is 9.97 Å². The van der Waals surface area contributed by atoms with Crippen LogP contribution in [-0.2, 0) is 11.0 Å². The number of benzene rings is 1. The van der Waals surface area contributed by atoms with Gasteiger partial charge in [-0.1, -0.05) is 11.8 Å². The second-order valence-corrected chi connectivity index (χ2v) is 5.87. The molecule has 1 aromatic heterocycles. The van der Waals surface area contributed by atoms with Gasteiger partial charge in [0.25, 0.3) is 0 Å². The van der Waals surface area contributed by atoms with Gasteiger partial charge in [0.15, 0.2) is 5.16 Å². The molecule has 0 aliphatic rings. The number of primary amides is 1. The van der Waals surface area contributed by atoms with E-state index >= 15 is 0 Å². The van der Waals surface area contributed by atoms with Crippen molar-refractivity contribution in [2.45, 2.75) is 17.8 Å². The summed E-state index contributed by atoms with van der Waals surface area (Å²) < 4.78 is 37.6. The molecule has 0 bridgehead atoms. The molecule has 0 fully saturated rings. The summed E-state index contributed by atoms with van der Waals surface area (Å²) in [6.45, 7) is 0. The first kappa shape index (κ1) is 18.7. The maximum absolute atomic E-state index is 12.5. The average Bonchev–Trinajstić information content (AvgIpc) is 2.55. The third-order valence-electron chi connectivity index (χ3n) is 2.94. The number of aromatic nitrogens is 2. The monoisotopic (exact) mass is 370 g/mol. The molecule has 0 spiro atoms. The number of carbonyl (C=O) groups excluding carboxylic acids is 2. The number of alkyl halides is 3. The van der Waals surface area contributed by atoms with E-state index in [9.17, 15) is 22.8 Å². The Hall–Kier alpha value is -2.62. The molecule has 0 aliphatic heterocycles. The molecule has 3 N–H and O–H groups in total. The van der Waals surface area contributed by atoms with Crippen molar-refractivity contribution in [1.29, 1.82) is 0 Å². The Labute approximate surface area is 145 Å². The lowest BCUT2D eigenvalue weighted by Gasteiger charge is -2.07. The molecule has 0 aliphatic carbocycles. The van der Waals surface area contributed by atoms with E-state index < -0.39 is 17.8 Å². The number of nitrogens with one attached hydrogen (secondary N) is 1. The molecule has 0 saturated carbocycles. The van der Waals surface area contributed by atoms with Crippen LogP contribution < -0.4 is 11.1 Å². The van der Waals surface area contributed by atoms with Gasteiger partial charge in [-0.15, -0.1) is 0 Å². The van der Waals surface area contributed by atoms with Crippen LogP contribution in [0, 0.1) is 0 Å². The average molecular weight is 370 g/mol. The highest BCUT2D eigenvalue weighted by molar-refractivity contribution is 7.99. The quantitative estimate of drug-likeness (QED) is 0.602. The minimum absolute atomic E-state index is 0.0477. The van der Waals surface area contributed by atoms with Gasteiger partial charge in [0.1, 0.15) is 5.69 Å². The molecule has 0 radical (unpaired) electrons. The van der Waals surface area contributed by atoms with Gasteiger partial charge < -0.3 is 11.1 Å². The van der Waals surface area contributed by atoms with Crippen molar-refractivity contribution in [2.24, 2.45) is 5.73 Å². The van der Waals surface area contributed by atoms with Crippen molar-refractivity contribution in [3.8, 4) is 0 Å². The van der Waals surface area contributed by atoms with Crippen LogP contribution >= 0.6 is 11.8 Å². The minimum atomic E-state index is -4.54. The van der Waals surface area contributed by atoms with E-state index in [0.29, 0.717) is 11.3 Å². The third-order valence-corrected chi connectivity index (χ3v) is 3.80. The fourth-order valence-corrected chi connectivity index (χ4v) is 2.51. The summed E-state index contributed by atoms with van der Waals surface area (Å²) in [6.07, 6.45) is -3.45. The molecule has 6 nitrogen and oxygen atoms in total. The number of nitrogens with zero attached hydrogens (tertiary/aromatic N) is 2. The van der Waals surface area contributed by atoms with Crippen LogP contribution in [0.5, 0.6) is 0 Å². The fraction of sp³-hybridized carbons (Fsp3) is 0.200. The number of anilines is 1. The summed E-state index contributed by atoms with van der Waals surface area (Å²) in [5, 5.41) is 2.56. The SMILES string of the molecule is NC(=O)c1ccc(NC(=O)CCSc2nccc(C(F)(F)F)n2)cc1. The maximum atomic E-state index is 12.5. The number of thioether (sulfide) groups is 1. The first-order chi connectivity index (χ1) is 11.8. The number of hydrogen-bond donors (Lipinski definition) is 2. The Morgan fingerprint density at radius 3 is 2.44 bits per heavy atom. The lowest BCUT2D eigenvalue weighted by atomic mass is 10.2. The molecular formula is C15H13F3N4O2S. The first-order valence-corrected chi connectivity index (χ1v) is 7.97. The van der Waals surface area contributed by atoms with Crippen LogP contribution in [0.2, 0.25) is 0 Å². The Kier molecular flexibility index (Phi) is 5.97. The van der Waals surface area contributed by atoms with Gasteiger partial charge in [-0.2, -0.15) is 13.2 Å². The largest absolute Gasteiger partial charge is 0.433 e. The molecule has 0 atom stereocenters. The lowest BCUT2D eigenvalue weighted by molar-refractivity contribution is -0.141. The predicted octanol–water partition coefficient (Wildman–Crippen LogP) is 2.72. The van der Waals surface area contributed by atoms with Crippen molar-refractivity contribution in [3.63, 3.8) is 0 Å². The van der Waals surface area contributed by atoms with Crippen LogP contribution in [0.4, 0.5) is 18.9 Å². The molecule has 2 rings (SSSR count). The zero-order valence-corrected chi connectivity index (χ0v) is 13.5. The smallest absolute Gasteiger partial charge is 0.366 e. The molecule has 2 aromatic rings. The highest BCUT2D eigenvalue weighted by Gasteiger charge is 2.32. The molecule has 0 unspecified atom stereocenters. The normalized spacial score (nSPS) is 11.2. The highest BCUT2D eigenvalue weighted by atomic mass is 32.2. The first-order valence-electron chi connectivity index (χ1n) is 6.98. The lowest BCUT2D eigenvalue weighted by Crippen LogP contribution is -2.14. The molecule has 1 aromatic carbocycles. The van der Waals surface area contributed by atoms with Gasteiger partial charge in [-0.3, -0.25) is 9.59 Å². The number of hydrogen-bond acceptors (Lipinski definition) is 5. The predicted molar refractivity (Wildman–Crippen MR) is 86.0 cm³/mol. The highest BCUT2D eigenvalue weighted by Crippen LogP contribution is 2.28. The van der Waals surface area contributed by atoms with E-state index in [1.807, 2.05) is 0 Å². The second-order valence-electron chi connectivity index (χ2n) is 4.81. The van der Waals surface area contributed by atoms with Crippen molar-refractivity contribution < 1.29 is 22.8 Å². The fourth-order valence-electron chi connectivity index (χ4n) is 1.74. The molecular weight excluding hydrogens is 357 g/mol. The molecule has 25 heavy (non-hydrogen) atoms. The van der Waals surface area contributed by atoms with Gasteiger partial charge in [0, 0.05) is 29.6 Å². The molecule has 10 heteroatoms. The van der Waals surface area contributed by atoms with Crippen LogP contribution in [-0.4, -0.2) is 27.5 Å². The maximum Gasteiger partial charge on any atom is 0.433 e. The molecule has 0 saturated heterocycles. The van der Waals surface area contributed by atoms with Gasteiger partial charge in [0.05, 0.1) is 0 Å². The summed E-state index contributed by atoms with van der Waals surface area (Å²) in [7, 11) is 0. The zero-order valence-electron chi connectivity index (χ0n) is 12.7. The van der Waals surface area contributed by atoms with E-state index in [0.717, 1.165) is 24.0 Å². The van der Waals surface area contributed by atoms with Gasteiger partial charge in [0.2, 0.25) is 11.8 Å². The Morgan fingerprint density at radius 2 is 1.84 bits per heavy atom. The third kappa shape index (κ3) is 5.75. The van der Waals surface area contributed by atoms with E-state index in [1.165, 1.54) is 24.3 Å². The van der Waals surface area contributed by atoms with Crippen LogP contribution in [0.3, 0.4) is 0 Å². The summed E-state index contributed by atoms with van der Waals surface area (Å²) in [6, 6.07) is 6.79. The second kappa shape index (κ2) is 7.97. The van der Waals surface area contributed by atoms with Crippen molar-refractivity contribution in [3.05, 3.63) is 47.8 Å². The molecule has 2 amide bonds. The Bertz CT molecular complexity index is 766. The van der Waals surface area contributed by atoms with Crippen LogP contribution in [0.15, 0.2) is 41.7 Å². The van der Waals surface area contributed by atoms with E-state index in [1.54, 1.807) is 0 Å². The van der Waals surface area contributed by atoms with Crippen LogP contribution in [0.25, 0.3) is 0 Å². The van der Waals surface area contributed by atoms with Crippen molar-refractivity contribution in [2.75, 3.05) is 11.1 Å². The number of rotatable bonds is 6. The van der Waals surface area contributed by atoms with E-state index in [4.69, 9.17) is 5.73 Å². The van der Waals surface area contributed by atoms with E-state index in [2.05, 4.69) is 15.3 Å². The van der Waals surface area contributed by atoms with Gasteiger partial charge in [-0.05, 0) is 30.3 Å². The molecule has 132 valence electrons. The van der Waals surface area contributed by atoms with Crippen LogP contribution in [0.1, 0.15) is 22.5 Å². The topological polar surface area (TPSA) is 98.0 Å². The standard InChI is InChI=1S/C15H13F3N4O2S/c16-15(17,18)11-5-7-20-14(22-11)25-8-6-12(23)21-10-3-1-9(2-4-10)13(19)24/h1-5,7H,6,8H2,(H2,19,24)(H,21,23). The number of amides is 2. The van der Waals surface area contributed by atoms with Crippen molar-refractivity contribution >= 4 is 29.3 Å². The minimum Gasteiger partial charge on any atom is -0.366 e. The molecule has 1 heterocycles. The Morgan fingerprint density at radius 1 is 1.16 bits per heavy atom. The Balaban J connectivity index is 1.83. The summed E-state index contributed by atoms with van der Waals surface area (Å²) in [4.78, 5) is 29.9. The van der Waals surface area contributed by atoms with Gasteiger partial charge >= 0.3 is 6.18 Å². The summed E-state index contributed by atoms with van der Waals surface area (Å²) in [5.74, 6) is -0.686. The zero-order chi connectivity index (χ0) is 18.4. The van der Waals surface area contributed by atoms with E-state index in [-0.39, 0.29) is 23.2 Å². The number of halogens is 3. The summed E-state index contributed by atoms with van der Waals surface area (Å²) >= 11 is 0.952. The summed E-state index contributed by atoms with van der Waals surface area (Å²) in [5.41, 5.74) is 4.89. The van der Waals surface area contributed by atoms with Crippen molar-refractivity contribution in [1.82, 2.24) is 9.97 Å².